The Balaban J connectivity index is 1.92. The Bertz CT molecular complexity index is 744. The van der Waals surface area contributed by atoms with Crippen LogP contribution in [-0.4, -0.2) is 40.6 Å². The number of nitrogens with zero attached hydrogens (tertiary/aromatic N) is 4. The maximum absolute atomic E-state index is 12.7. The Morgan fingerprint density at radius 3 is 2.88 bits per heavy atom. The lowest BCUT2D eigenvalue weighted by Gasteiger charge is -2.23. The van der Waals surface area contributed by atoms with E-state index in [0.29, 0.717) is 30.0 Å². The molecule has 1 amide bonds. The maximum atomic E-state index is 12.7. The fraction of sp³-hybridized carbons (Fsp3) is 0.400. The van der Waals surface area contributed by atoms with Crippen LogP contribution in [0.25, 0.3) is 0 Å². The second-order valence-electron chi connectivity index (χ2n) is 5.42. The van der Waals surface area contributed by atoms with E-state index in [0.717, 1.165) is 4.68 Å². The molecule has 1 unspecified atom stereocenters. The van der Waals surface area contributed by atoms with Crippen LogP contribution in [0.15, 0.2) is 30.7 Å². The summed E-state index contributed by atoms with van der Waals surface area (Å²) in [5.74, 6) is -0.300. The molecule has 24 heavy (non-hydrogen) atoms. The summed E-state index contributed by atoms with van der Waals surface area (Å²) in [5.41, 5.74) is 1.36. The molecule has 0 bridgehead atoms. The lowest BCUT2D eigenvalue weighted by atomic mass is 10.1. The van der Waals surface area contributed by atoms with Gasteiger partial charge in [-0.15, -0.1) is 0 Å². The molecule has 0 N–H and O–H groups in total. The zero-order valence-electron chi connectivity index (χ0n) is 12.8. The average Bonchev–Trinajstić information content (AvgIpc) is 3.07. The number of amides is 1. The van der Waals surface area contributed by atoms with Gasteiger partial charge in [0.15, 0.2) is 0 Å². The zero-order valence-corrected chi connectivity index (χ0v) is 12.8. The predicted molar refractivity (Wildman–Crippen MR) is 78.6 cm³/mol. The van der Waals surface area contributed by atoms with Gasteiger partial charge >= 0.3 is 6.18 Å². The molecule has 9 heteroatoms. The highest BCUT2D eigenvalue weighted by Crippen LogP contribution is 2.38. The number of halogens is 3. The van der Waals surface area contributed by atoms with Crippen molar-refractivity contribution in [3.8, 4) is 0 Å². The number of rotatable bonds is 5. The topological polar surface area (TPSA) is 60.2 Å². The Hall–Kier alpha value is -2.42. The van der Waals surface area contributed by atoms with Gasteiger partial charge < -0.3 is 4.74 Å². The van der Waals surface area contributed by atoms with Gasteiger partial charge in [0, 0.05) is 26.1 Å². The van der Waals surface area contributed by atoms with Crippen molar-refractivity contribution in [3.05, 3.63) is 42.0 Å². The molecule has 2 aromatic rings. The molecule has 3 rings (SSSR count). The van der Waals surface area contributed by atoms with Crippen LogP contribution in [0.5, 0.6) is 0 Å². The lowest BCUT2D eigenvalue weighted by molar-refractivity contribution is -0.142. The van der Waals surface area contributed by atoms with Crippen LogP contribution < -0.4 is 4.90 Å². The Morgan fingerprint density at radius 1 is 1.38 bits per heavy atom. The van der Waals surface area contributed by atoms with Crippen molar-refractivity contribution in [2.75, 3.05) is 18.6 Å². The third-order valence-electron chi connectivity index (χ3n) is 3.75. The molecule has 1 aliphatic heterocycles. The van der Waals surface area contributed by atoms with Crippen LogP contribution in [0, 0.1) is 0 Å². The summed E-state index contributed by atoms with van der Waals surface area (Å²) in [4.78, 5) is 18.3. The monoisotopic (exact) mass is 340 g/mol. The van der Waals surface area contributed by atoms with Crippen molar-refractivity contribution in [3.63, 3.8) is 0 Å². The number of anilines is 1. The summed E-state index contributed by atoms with van der Waals surface area (Å²) in [6.07, 6.45) is 0.171. The number of aromatic nitrogens is 3. The van der Waals surface area contributed by atoms with Crippen molar-refractivity contribution < 1.29 is 22.7 Å². The Kier molecular flexibility index (Phi) is 4.27. The van der Waals surface area contributed by atoms with Crippen LogP contribution in [-0.2, 0) is 11.3 Å². The van der Waals surface area contributed by atoms with Gasteiger partial charge in [-0.1, -0.05) is 0 Å². The van der Waals surface area contributed by atoms with E-state index in [2.05, 4.69) is 10.1 Å². The summed E-state index contributed by atoms with van der Waals surface area (Å²) >= 11 is 0. The number of ether oxygens (including phenoxy) is 1. The standard InChI is InChI=1S/C15H15F3N4O2/c1-24-6-4-12-13-11(3-2-5-19-13)14(23)22(12)10-7-20-21(8-10)9-15(16,17)18/h2-3,5,7-8,12H,4,6,9H2,1H3. The molecule has 2 aromatic heterocycles. The fourth-order valence-electron chi connectivity index (χ4n) is 2.80. The fourth-order valence-corrected chi connectivity index (χ4v) is 2.80. The summed E-state index contributed by atoms with van der Waals surface area (Å²) in [7, 11) is 1.54. The van der Waals surface area contributed by atoms with E-state index in [4.69, 9.17) is 4.74 Å². The number of hydrogen-bond donors (Lipinski definition) is 0. The molecule has 0 aliphatic carbocycles. The molecule has 0 saturated heterocycles. The Morgan fingerprint density at radius 2 is 2.17 bits per heavy atom. The number of alkyl halides is 3. The van der Waals surface area contributed by atoms with Gasteiger partial charge in [0.2, 0.25) is 0 Å². The number of carbonyl (C=O) groups excluding carboxylic acids is 1. The van der Waals surface area contributed by atoms with Crippen LogP contribution >= 0.6 is 0 Å². The molecule has 1 atom stereocenters. The third-order valence-corrected chi connectivity index (χ3v) is 3.75. The summed E-state index contributed by atoms with van der Waals surface area (Å²) < 4.78 is 43.3. The van der Waals surface area contributed by atoms with E-state index in [-0.39, 0.29) is 5.91 Å². The summed E-state index contributed by atoms with van der Waals surface area (Å²) in [6, 6.07) is 2.92. The molecular formula is C15H15F3N4O2. The zero-order chi connectivity index (χ0) is 17.3. The third kappa shape index (κ3) is 3.12. The van der Waals surface area contributed by atoms with Gasteiger partial charge in [-0.3, -0.25) is 19.4 Å². The van der Waals surface area contributed by atoms with E-state index >= 15 is 0 Å². The molecule has 0 saturated carbocycles. The van der Waals surface area contributed by atoms with Gasteiger partial charge in [-0.2, -0.15) is 18.3 Å². The molecule has 3 heterocycles. The molecule has 1 aliphatic rings. The van der Waals surface area contributed by atoms with Crippen molar-refractivity contribution in [1.82, 2.24) is 14.8 Å². The number of hydrogen-bond acceptors (Lipinski definition) is 4. The molecule has 0 fully saturated rings. The van der Waals surface area contributed by atoms with Crippen LogP contribution in [0.4, 0.5) is 18.9 Å². The van der Waals surface area contributed by atoms with Crippen molar-refractivity contribution in [1.29, 1.82) is 0 Å². The second-order valence-corrected chi connectivity index (χ2v) is 5.42. The molecule has 0 radical (unpaired) electrons. The molecule has 128 valence electrons. The van der Waals surface area contributed by atoms with E-state index < -0.39 is 18.8 Å². The van der Waals surface area contributed by atoms with Crippen molar-refractivity contribution in [2.24, 2.45) is 0 Å². The highest BCUT2D eigenvalue weighted by atomic mass is 19.4. The van der Waals surface area contributed by atoms with E-state index in [1.807, 2.05) is 0 Å². The summed E-state index contributed by atoms with van der Waals surface area (Å²) in [6.45, 7) is -0.815. The summed E-state index contributed by atoms with van der Waals surface area (Å²) in [5, 5.41) is 3.71. The van der Waals surface area contributed by atoms with Gasteiger partial charge in [-0.05, 0) is 18.6 Å². The first-order valence-corrected chi connectivity index (χ1v) is 7.27. The first-order valence-electron chi connectivity index (χ1n) is 7.27. The molecule has 0 spiro atoms. The molecule has 6 nitrogen and oxygen atoms in total. The molecular weight excluding hydrogens is 325 g/mol. The largest absolute Gasteiger partial charge is 0.408 e. The predicted octanol–water partition coefficient (Wildman–Crippen LogP) is 2.58. The smallest absolute Gasteiger partial charge is 0.385 e. The van der Waals surface area contributed by atoms with Gasteiger partial charge in [-0.25, -0.2) is 0 Å². The normalized spacial score (nSPS) is 17.4. The second kappa shape index (κ2) is 6.23. The number of fused-ring (bicyclic) bond motifs is 1. The van der Waals surface area contributed by atoms with Crippen molar-refractivity contribution in [2.45, 2.75) is 25.2 Å². The highest BCUT2D eigenvalue weighted by molar-refractivity contribution is 6.10. The van der Waals surface area contributed by atoms with Gasteiger partial charge in [0.1, 0.15) is 6.54 Å². The minimum Gasteiger partial charge on any atom is -0.385 e. The first kappa shape index (κ1) is 16.4. The lowest BCUT2D eigenvalue weighted by Crippen LogP contribution is -2.28. The SMILES string of the molecule is COCCC1c2ncccc2C(=O)N1c1cnn(CC(F)(F)F)c1. The minimum absolute atomic E-state index is 0.300. The Labute approximate surface area is 135 Å². The average molecular weight is 340 g/mol. The van der Waals surface area contributed by atoms with Crippen LogP contribution in [0.3, 0.4) is 0 Å². The number of pyridine rings is 1. The van der Waals surface area contributed by atoms with Gasteiger partial charge in [0.05, 0.1) is 29.2 Å². The minimum atomic E-state index is -4.38. The van der Waals surface area contributed by atoms with Crippen LogP contribution in [0.1, 0.15) is 28.5 Å². The quantitative estimate of drug-likeness (QED) is 0.839. The number of carbonyl (C=O) groups is 1. The van der Waals surface area contributed by atoms with E-state index in [1.165, 1.54) is 17.3 Å². The van der Waals surface area contributed by atoms with E-state index in [1.54, 1.807) is 25.4 Å². The highest BCUT2D eigenvalue weighted by Gasteiger charge is 2.39. The van der Waals surface area contributed by atoms with Crippen LogP contribution in [0.2, 0.25) is 0 Å². The first-order chi connectivity index (χ1) is 11.4. The van der Waals surface area contributed by atoms with Gasteiger partial charge in [0.25, 0.3) is 5.91 Å². The number of methoxy groups -OCH3 is 1. The van der Waals surface area contributed by atoms with Crippen molar-refractivity contribution >= 4 is 11.6 Å². The van der Waals surface area contributed by atoms with E-state index in [9.17, 15) is 18.0 Å². The maximum Gasteiger partial charge on any atom is 0.408 e. The molecule has 0 aromatic carbocycles.